The Balaban J connectivity index is 2.90. The third-order valence-electron chi connectivity index (χ3n) is 2.91. The second-order valence-corrected chi connectivity index (χ2v) is 4.56. The highest BCUT2D eigenvalue weighted by Gasteiger charge is 2.20. The zero-order valence-electron chi connectivity index (χ0n) is 10.4. The number of hydrogen-bond acceptors (Lipinski definition) is 3. The van der Waals surface area contributed by atoms with E-state index in [-0.39, 0.29) is 5.60 Å². The van der Waals surface area contributed by atoms with Crippen LogP contribution in [-0.2, 0) is 21.6 Å². The summed E-state index contributed by atoms with van der Waals surface area (Å²) in [5.41, 5.74) is 7.04. The topological polar surface area (TPSA) is 72.5 Å². The average molecular weight is 237 g/mol. The van der Waals surface area contributed by atoms with Crippen molar-refractivity contribution in [3.05, 3.63) is 35.4 Å². The van der Waals surface area contributed by atoms with E-state index in [2.05, 4.69) is 0 Å². The Kier molecular flexibility index (Phi) is 4.26. The number of rotatable bonds is 5. The van der Waals surface area contributed by atoms with Crippen molar-refractivity contribution in [3.8, 4) is 0 Å². The van der Waals surface area contributed by atoms with Crippen molar-refractivity contribution in [1.29, 1.82) is 0 Å². The maximum atomic E-state index is 10.7. The van der Waals surface area contributed by atoms with Crippen LogP contribution in [0, 0.1) is 0 Å². The highest BCUT2D eigenvalue weighted by molar-refractivity contribution is 5.73. The fourth-order valence-electron chi connectivity index (χ4n) is 1.53. The molecule has 0 radical (unpaired) electrons. The Bertz CT molecular complexity index is 401. The molecule has 0 aliphatic rings. The summed E-state index contributed by atoms with van der Waals surface area (Å²) in [6, 6.07) is 6.79. The van der Waals surface area contributed by atoms with Crippen molar-refractivity contribution in [1.82, 2.24) is 0 Å². The normalized spacial score (nSPS) is 13.4. The molecule has 1 rings (SSSR count). The van der Waals surface area contributed by atoms with E-state index in [9.17, 15) is 4.79 Å². The highest BCUT2D eigenvalue weighted by atomic mass is 16.5. The lowest BCUT2D eigenvalue weighted by Crippen LogP contribution is -2.32. The summed E-state index contributed by atoms with van der Waals surface area (Å²) in [7, 11) is 1.65. The molecule has 0 aromatic heterocycles. The molecule has 94 valence electrons. The first-order valence-corrected chi connectivity index (χ1v) is 5.50. The van der Waals surface area contributed by atoms with Gasteiger partial charge in [0, 0.05) is 7.11 Å². The van der Waals surface area contributed by atoms with Gasteiger partial charge >= 0.3 is 5.97 Å². The minimum atomic E-state index is -0.985. The largest absolute Gasteiger partial charge is 0.480 e. The van der Waals surface area contributed by atoms with Gasteiger partial charge in [0.15, 0.2) is 0 Å². The smallest absolute Gasteiger partial charge is 0.320 e. The van der Waals surface area contributed by atoms with Crippen LogP contribution in [0.25, 0.3) is 0 Å². The van der Waals surface area contributed by atoms with Crippen molar-refractivity contribution >= 4 is 5.97 Å². The summed E-state index contributed by atoms with van der Waals surface area (Å²) < 4.78 is 5.38. The Labute approximate surface area is 101 Å². The van der Waals surface area contributed by atoms with E-state index in [1.807, 2.05) is 38.1 Å². The summed E-state index contributed by atoms with van der Waals surface area (Å²) in [6.45, 7) is 3.92. The predicted octanol–water partition coefficient (Wildman–Crippen LogP) is 1.52. The molecule has 1 atom stereocenters. The molecule has 1 aromatic rings. The average Bonchev–Trinajstić information content (AvgIpc) is 2.29. The van der Waals surface area contributed by atoms with Crippen LogP contribution in [0.5, 0.6) is 0 Å². The molecule has 0 fully saturated rings. The quantitative estimate of drug-likeness (QED) is 0.814. The van der Waals surface area contributed by atoms with Crippen LogP contribution in [0.4, 0.5) is 0 Å². The van der Waals surface area contributed by atoms with Crippen molar-refractivity contribution in [3.63, 3.8) is 0 Å². The van der Waals surface area contributed by atoms with E-state index in [0.29, 0.717) is 6.42 Å². The molecule has 3 N–H and O–H groups in total. The SMILES string of the molecule is COC(C)(C)c1cccc(CC(N)C(=O)O)c1. The van der Waals surface area contributed by atoms with Crippen LogP contribution >= 0.6 is 0 Å². The number of hydrogen-bond donors (Lipinski definition) is 2. The van der Waals surface area contributed by atoms with Gasteiger partial charge in [0.2, 0.25) is 0 Å². The number of carboxylic acids is 1. The van der Waals surface area contributed by atoms with Crippen LogP contribution in [0.15, 0.2) is 24.3 Å². The van der Waals surface area contributed by atoms with Crippen molar-refractivity contribution in [2.24, 2.45) is 5.73 Å². The molecular weight excluding hydrogens is 218 g/mol. The van der Waals surface area contributed by atoms with E-state index in [4.69, 9.17) is 15.6 Å². The maximum absolute atomic E-state index is 10.7. The molecule has 0 spiro atoms. The lowest BCUT2D eigenvalue weighted by atomic mass is 9.94. The van der Waals surface area contributed by atoms with E-state index in [1.165, 1.54) is 0 Å². The molecule has 0 amide bonds. The van der Waals surface area contributed by atoms with Crippen LogP contribution < -0.4 is 5.73 Å². The number of aliphatic carboxylic acids is 1. The molecule has 4 heteroatoms. The van der Waals surface area contributed by atoms with Gasteiger partial charge in [-0.05, 0) is 31.4 Å². The zero-order chi connectivity index (χ0) is 13.1. The van der Waals surface area contributed by atoms with E-state index < -0.39 is 12.0 Å². The minimum Gasteiger partial charge on any atom is -0.480 e. The standard InChI is InChI=1S/C13H19NO3/c1-13(2,17-3)10-6-4-5-9(7-10)8-11(14)12(15)16/h4-7,11H,8,14H2,1-3H3,(H,15,16). The molecule has 0 aliphatic heterocycles. The third-order valence-corrected chi connectivity index (χ3v) is 2.91. The Morgan fingerprint density at radius 1 is 1.53 bits per heavy atom. The van der Waals surface area contributed by atoms with Crippen molar-refractivity contribution in [2.75, 3.05) is 7.11 Å². The van der Waals surface area contributed by atoms with Crippen LogP contribution in [-0.4, -0.2) is 24.2 Å². The summed E-state index contributed by atoms with van der Waals surface area (Å²) in [6.07, 6.45) is 0.322. The van der Waals surface area contributed by atoms with Gasteiger partial charge < -0.3 is 15.6 Å². The van der Waals surface area contributed by atoms with Crippen LogP contribution in [0.3, 0.4) is 0 Å². The predicted molar refractivity (Wildman–Crippen MR) is 65.8 cm³/mol. The Morgan fingerprint density at radius 2 is 2.18 bits per heavy atom. The number of benzene rings is 1. The van der Waals surface area contributed by atoms with Gasteiger partial charge in [-0.3, -0.25) is 4.79 Å². The van der Waals surface area contributed by atoms with Crippen molar-refractivity contribution in [2.45, 2.75) is 31.9 Å². The van der Waals surface area contributed by atoms with Gasteiger partial charge in [0.05, 0.1) is 5.60 Å². The lowest BCUT2D eigenvalue weighted by molar-refractivity contribution is -0.138. The van der Waals surface area contributed by atoms with Crippen LogP contribution in [0.2, 0.25) is 0 Å². The molecule has 17 heavy (non-hydrogen) atoms. The third kappa shape index (κ3) is 3.54. The van der Waals surface area contributed by atoms with Gasteiger partial charge in [-0.15, -0.1) is 0 Å². The number of methoxy groups -OCH3 is 1. The summed E-state index contributed by atoms with van der Waals surface area (Å²) in [5.74, 6) is -0.985. The second-order valence-electron chi connectivity index (χ2n) is 4.56. The first-order chi connectivity index (χ1) is 7.86. The number of carboxylic acid groups (broad SMARTS) is 1. The van der Waals surface area contributed by atoms with E-state index >= 15 is 0 Å². The van der Waals surface area contributed by atoms with Gasteiger partial charge in [-0.25, -0.2) is 0 Å². The summed E-state index contributed by atoms with van der Waals surface area (Å²) in [5, 5.41) is 8.77. The van der Waals surface area contributed by atoms with Gasteiger partial charge in [0.1, 0.15) is 6.04 Å². The Hall–Kier alpha value is -1.39. The Morgan fingerprint density at radius 3 is 2.71 bits per heavy atom. The molecule has 0 heterocycles. The van der Waals surface area contributed by atoms with E-state index in [1.54, 1.807) is 7.11 Å². The fourth-order valence-corrected chi connectivity index (χ4v) is 1.53. The van der Waals surface area contributed by atoms with Gasteiger partial charge in [-0.2, -0.15) is 0 Å². The lowest BCUT2D eigenvalue weighted by Gasteiger charge is -2.24. The summed E-state index contributed by atoms with van der Waals surface area (Å²) >= 11 is 0. The first kappa shape index (κ1) is 13.7. The molecular formula is C13H19NO3. The minimum absolute atomic E-state index is 0.322. The monoisotopic (exact) mass is 237 g/mol. The van der Waals surface area contributed by atoms with Crippen molar-refractivity contribution < 1.29 is 14.6 Å². The number of nitrogens with two attached hydrogens (primary N) is 1. The molecule has 0 saturated heterocycles. The molecule has 0 aliphatic carbocycles. The van der Waals surface area contributed by atoms with E-state index in [0.717, 1.165) is 11.1 Å². The molecule has 4 nitrogen and oxygen atoms in total. The maximum Gasteiger partial charge on any atom is 0.320 e. The molecule has 1 unspecified atom stereocenters. The molecule has 0 saturated carbocycles. The summed E-state index contributed by atoms with van der Waals surface area (Å²) in [4.78, 5) is 10.7. The molecule has 0 bridgehead atoms. The highest BCUT2D eigenvalue weighted by Crippen LogP contribution is 2.24. The fraction of sp³-hybridized carbons (Fsp3) is 0.462. The first-order valence-electron chi connectivity index (χ1n) is 5.50. The van der Waals surface area contributed by atoms with Crippen LogP contribution in [0.1, 0.15) is 25.0 Å². The zero-order valence-corrected chi connectivity index (χ0v) is 10.4. The second kappa shape index (κ2) is 5.29. The van der Waals surface area contributed by atoms with Gasteiger partial charge in [0.25, 0.3) is 0 Å². The number of carbonyl (C=O) groups is 1. The molecule has 1 aromatic carbocycles. The number of ether oxygens (including phenoxy) is 1. The van der Waals surface area contributed by atoms with Gasteiger partial charge in [-0.1, -0.05) is 24.3 Å².